The fourth-order valence-corrected chi connectivity index (χ4v) is 4.99. The van der Waals surface area contributed by atoms with Gasteiger partial charge in [0, 0.05) is 14.1 Å². The molecule has 11 nitrogen and oxygen atoms in total. The lowest BCUT2D eigenvalue weighted by Gasteiger charge is -2.23. The van der Waals surface area contributed by atoms with Crippen LogP contribution in [0.2, 0.25) is 0 Å². The number of sulfone groups is 1. The zero-order valence-corrected chi connectivity index (χ0v) is 21.2. The van der Waals surface area contributed by atoms with Gasteiger partial charge in [-0.15, -0.1) is 0 Å². The number of oxazole rings is 1. The Balaban J connectivity index is 1.86. The van der Waals surface area contributed by atoms with Crippen molar-refractivity contribution in [1.82, 2.24) is 20.5 Å². The molecule has 0 saturated carbocycles. The van der Waals surface area contributed by atoms with E-state index in [9.17, 15) is 22.8 Å². The molecular weight excluding hydrogens is 488 g/mol. The molecule has 0 aliphatic heterocycles. The number of benzene rings is 2. The smallest absolute Gasteiger partial charge is 0.317 e. The van der Waals surface area contributed by atoms with Crippen LogP contribution in [-0.2, 0) is 14.6 Å². The summed E-state index contributed by atoms with van der Waals surface area (Å²) in [6, 6.07) is 9.56. The quantitative estimate of drug-likeness (QED) is 0.389. The van der Waals surface area contributed by atoms with Gasteiger partial charge in [0.1, 0.15) is 22.2 Å². The summed E-state index contributed by atoms with van der Waals surface area (Å²) >= 11 is 0. The first-order valence-corrected chi connectivity index (χ1v) is 12.8. The summed E-state index contributed by atoms with van der Waals surface area (Å²) in [7, 11) is 0.142. The van der Waals surface area contributed by atoms with Crippen LogP contribution in [0.5, 0.6) is 5.75 Å². The van der Waals surface area contributed by atoms with E-state index in [-0.39, 0.29) is 23.0 Å². The topological polar surface area (TPSA) is 148 Å². The highest BCUT2D eigenvalue weighted by atomic mass is 32.2. The molecule has 192 valence electrons. The van der Waals surface area contributed by atoms with Gasteiger partial charge in [0.15, 0.2) is 15.4 Å². The minimum Gasteiger partial charge on any atom is -0.495 e. The van der Waals surface area contributed by atoms with Crippen LogP contribution in [0.25, 0.3) is 11.1 Å². The molecule has 1 heterocycles. The van der Waals surface area contributed by atoms with Gasteiger partial charge in [-0.3, -0.25) is 9.59 Å². The average Bonchev–Trinajstić information content (AvgIpc) is 3.30. The van der Waals surface area contributed by atoms with E-state index in [4.69, 9.17) is 9.15 Å². The van der Waals surface area contributed by atoms with Crippen molar-refractivity contribution in [2.24, 2.45) is 0 Å². The second-order valence-corrected chi connectivity index (χ2v) is 10.2. The molecule has 0 aliphatic rings. The number of methoxy groups -OCH3 is 1. The predicted octanol–water partition coefficient (Wildman–Crippen LogP) is 2.03. The molecule has 2 aromatic carbocycles. The maximum atomic E-state index is 13.2. The Bertz CT molecular complexity index is 1330. The number of nitrogens with one attached hydrogen (secondary N) is 2. The Kier molecular flexibility index (Phi) is 8.30. The molecule has 1 aromatic heterocycles. The van der Waals surface area contributed by atoms with Crippen LogP contribution in [0.3, 0.4) is 0 Å². The highest BCUT2D eigenvalue weighted by Crippen LogP contribution is 2.24. The van der Waals surface area contributed by atoms with E-state index in [0.717, 1.165) is 4.90 Å². The Morgan fingerprint density at radius 1 is 1.03 bits per heavy atom. The predicted molar refractivity (Wildman–Crippen MR) is 132 cm³/mol. The summed E-state index contributed by atoms with van der Waals surface area (Å²) in [6.07, 6.45) is 0.177. The average molecular weight is 517 g/mol. The molecule has 0 radical (unpaired) electrons. The van der Waals surface area contributed by atoms with Crippen molar-refractivity contribution in [3.05, 3.63) is 54.4 Å². The number of rotatable bonds is 10. The molecule has 0 aliphatic carbocycles. The molecule has 1 unspecified atom stereocenters. The van der Waals surface area contributed by atoms with Gasteiger partial charge in [-0.25, -0.2) is 18.2 Å². The number of carbonyl (C=O) groups excluding carboxylic acids is 3. The van der Waals surface area contributed by atoms with Crippen LogP contribution in [0.15, 0.2) is 57.8 Å². The van der Waals surface area contributed by atoms with Crippen LogP contribution in [-0.4, -0.2) is 75.1 Å². The van der Waals surface area contributed by atoms with Crippen molar-refractivity contribution in [1.29, 1.82) is 0 Å². The number of amides is 3. The summed E-state index contributed by atoms with van der Waals surface area (Å²) in [5.74, 6) is -2.26. The van der Waals surface area contributed by atoms with E-state index in [1.165, 1.54) is 39.4 Å². The third kappa shape index (κ3) is 6.00. The molecule has 0 spiro atoms. The number of fused-ring (bicyclic) bond motifs is 1. The van der Waals surface area contributed by atoms with Crippen molar-refractivity contribution >= 4 is 38.7 Å². The third-order valence-corrected chi connectivity index (χ3v) is 7.14. The van der Waals surface area contributed by atoms with Crippen molar-refractivity contribution in [2.45, 2.75) is 30.3 Å². The molecule has 2 N–H and O–H groups in total. The lowest BCUT2D eigenvalue weighted by molar-refractivity contribution is -0.123. The molecule has 2 atom stereocenters. The maximum absolute atomic E-state index is 13.2. The van der Waals surface area contributed by atoms with Crippen molar-refractivity contribution < 1.29 is 32.0 Å². The van der Waals surface area contributed by atoms with Crippen LogP contribution < -0.4 is 15.4 Å². The fourth-order valence-electron chi connectivity index (χ4n) is 3.40. The molecule has 0 bridgehead atoms. The zero-order valence-electron chi connectivity index (χ0n) is 20.3. The standard InChI is InChI=1S/C24H28N4O7S/c1-5-15(21(29)23-26-16-10-6-7-11-18(16)35-23)25-22(30)17(27-24(31)28(2)3)14-36(32,33)20-13-9-8-12-19(20)34-4/h6-13,15,17H,5,14H2,1-4H3,(H,25,30)(H,27,31)/t15-,17?/m1/s1. The van der Waals surface area contributed by atoms with Gasteiger partial charge in [-0.1, -0.05) is 31.2 Å². The molecule has 36 heavy (non-hydrogen) atoms. The summed E-state index contributed by atoms with van der Waals surface area (Å²) < 4.78 is 37.0. The molecular formula is C24H28N4O7S. The Labute approximate surface area is 208 Å². The highest BCUT2D eigenvalue weighted by Gasteiger charge is 2.33. The molecule has 3 amide bonds. The SMILES string of the molecule is CC[C@@H](NC(=O)C(CS(=O)(=O)c1ccccc1OC)NC(=O)N(C)C)C(=O)c1nc2ccccc2o1. The van der Waals surface area contributed by atoms with Crippen LogP contribution >= 0.6 is 0 Å². The number of aromatic nitrogens is 1. The fraction of sp³-hybridized carbons (Fsp3) is 0.333. The molecule has 0 fully saturated rings. The Morgan fingerprint density at radius 2 is 1.69 bits per heavy atom. The van der Waals surface area contributed by atoms with E-state index < -0.39 is 45.4 Å². The van der Waals surface area contributed by atoms with E-state index in [2.05, 4.69) is 15.6 Å². The molecule has 3 aromatic rings. The summed E-state index contributed by atoms with van der Waals surface area (Å²) in [6.45, 7) is 1.67. The monoisotopic (exact) mass is 516 g/mol. The van der Waals surface area contributed by atoms with Gasteiger partial charge >= 0.3 is 6.03 Å². The number of hydrogen-bond donors (Lipinski definition) is 2. The van der Waals surface area contributed by atoms with Crippen molar-refractivity contribution in [2.75, 3.05) is 27.0 Å². The van der Waals surface area contributed by atoms with Crippen molar-refractivity contribution in [3.8, 4) is 5.75 Å². The minimum absolute atomic E-state index is 0.105. The maximum Gasteiger partial charge on any atom is 0.317 e. The van der Waals surface area contributed by atoms with Gasteiger partial charge < -0.3 is 24.7 Å². The van der Waals surface area contributed by atoms with Crippen LogP contribution in [0, 0.1) is 0 Å². The summed E-state index contributed by atoms with van der Waals surface area (Å²) in [4.78, 5) is 43.8. The molecule has 0 saturated heterocycles. The number of carbonyl (C=O) groups is 3. The summed E-state index contributed by atoms with van der Waals surface area (Å²) in [5, 5.41) is 4.95. The lowest BCUT2D eigenvalue weighted by atomic mass is 10.1. The van der Waals surface area contributed by atoms with E-state index >= 15 is 0 Å². The van der Waals surface area contributed by atoms with Gasteiger partial charge in [-0.2, -0.15) is 0 Å². The normalized spacial score (nSPS) is 13.0. The van der Waals surface area contributed by atoms with Gasteiger partial charge in [0.2, 0.25) is 11.7 Å². The summed E-state index contributed by atoms with van der Waals surface area (Å²) in [5.41, 5.74) is 0.905. The number of ketones is 1. The molecule has 3 rings (SSSR count). The number of urea groups is 1. The van der Waals surface area contributed by atoms with Gasteiger partial charge in [0.05, 0.1) is 18.9 Å². The first-order chi connectivity index (χ1) is 17.1. The van der Waals surface area contributed by atoms with Gasteiger partial charge in [-0.05, 0) is 30.7 Å². The number of hydrogen-bond acceptors (Lipinski definition) is 8. The third-order valence-electron chi connectivity index (χ3n) is 5.36. The first kappa shape index (κ1) is 26.7. The van der Waals surface area contributed by atoms with Crippen LogP contribution in [0.1, 0.15) is 24.0 Å². The largest absolute Gasteiger partial charge is 0.495 e. The minimum atomic E-state index is -4.09. The molecule has 12 heteroatoms. The number of Topliss-reactive ketones (excluding diaryl/α,β-unsaturated/α-hetero) is 1. The second kappa shape index (κ2) is 11.2. The zero-order chi connectivity index (χ0) is 26.5. The highest BCUT2D eigenvalue weighted by molar-refractivity contribution is 7.91. The number of nitrogens with zero attached hydrogens (tertiary/aromatic N) is 2. The van der Waals surface area contributed by atoms with Crippen LogP contribution in [0.4, 0.5) is 4.79 Å². The van der Waals surface area contributed by atoms with Crippen molar-refractivity contribution in [3.63, 3.8) is 0 Å². The first-order valence-electron chi connectivity index (χ1n) is 11.1. The second-order valence-electron chi connectivity index (χ2n) is 8.15. The number of para-hydroxylation sites is 3. The lowest BCUT2D eigenvalue weighted by Crippen LogP contribution is -2.55. The number of ether oxygens (including phenoxy) is 1. The Hall–Kier alpha value is -3.93. The van der Waals surface area contributed by atoms with E-state index in [1.807, 2.05) is 0 Å². The van der Waals surface area contributed by atoms with E-state index in [1.54, 1.807) is 37.3 Å². The Morgan fingerprint density at radius 3 is 2.33 bits per heavy atom. The van der Waals surface area contributed by atoms with E-state index in [0.29, 0.717) is 11.1 Å². The van der Waals surface area contributed by atoms with Gasteiger partial charge in [0.25, 0.3) is 5.89 Å².